The lowest BCUT2D eigenvalue weighted by Gasteiger charge is -2.10. The van der Waals surface area contributed by atoms with E-state index in [1.807, 2.05) is 0 Å². The number of carbonyl (C=O) groups is 2. The van der Waals surface area contributed by atoms with Gasteiger partial charge >= 0.3 is 6.09 Å². The molecule has 0 aliphatic carbocycles. The van der Waals surface area contributed by atoms with Crippen LogP contribution in [0.2, 0.25) is 0 Å². The van der Waals surface area contributed by atoms with Crippen molar-refractivity contribution in [3.8, 4) is 0 Å². The van der Waals surface area contributed by atoms with Crippen molar-refractivity contribution in [1.82, 2.24) is 5.32 Å². The molecule has 128 valence electrons. The number of ketones is 1. The second-order valence-corrected chi connectivity index (χ2v) is 5.16. The van der Waals surface area contributed by atoms with Crippen LogP contribution in [-0.2, 0) is 4.74 Å². The number of nitro groups is 1. The molecular formula is C16H13N3O5S. The van der Waals surface area contributed by atoms with Crippen molar-refractivity contribution in [2.24, 2.45) is 0 Å². The number of rotatable bonds is 4. The Bertz CT molecular complexity index is 839. The number of nitro benzene ring substituents is 1. The van der Waals surface area contributed by atoms with Crippen molar-refractivity contribution in [2.45, 2.75) is 0 Å². The Balaban J connectivity index is 2.33. The van der Waals surface area contributed by atoms with Crippen LogP contribution < -0.4 is 10.6 Å². The normalized spacial score (nSPS) is 9.80. The molecule has 0 bridgehead atoms. The third-order valence-corrected chi connectivity index (χ3v) is 3.34. The third-order valence-electron chi connectivity index (χ3n) is 3.14. The lowest BCUT2D eigenvalue weighted by atomic mass is 10.0. The SMILES string of the molecule is COC(=O)NC(=S)Nc1cc(C(=O)c2ccccc2)ccc1[N+](=O)[O-]. The first kappa shape index (κ1) is 18.0. The molecule has 0 aliphatic rings. The summed E-state index contributed by atoms with van der Waals surface area (Å²) in [6.07, 6.45) is -0.823. The summed E-state index contributed by atoms with van der Waals surface area (Å²) in [5.74, 6) is -0.301. The molecule has 0 atom stereocenters. The van der Waals surface area contributed by atoms with Gasteiger partial charge in [-0.25, -0.2) is 4.79 Å². The molecule has 0 saturated heterocycles. The van der Waals surface area contributed by atoms with Gasteiger partial charge in [0.25, 0.3) is 5.69 Å². The standard InChI is InChI=1S/C16H13N3O5S/c1-24-16(21)18-15(25)17-12-9-11(7-8-13(12)19(22)23)14(20)10-5-3-2-4-6-10/h2-9H,1H3,(H2,17,18,21,25). The zero-order chi connectivity index (χ0) is 18.4. The van der Waals surface area contributed by atoms with E-state index < -0.39 is 11.0 Å². The highest BCUT2D eigenvalue weighted by molar-refractivity contribution is 7.80. The van der Waals surface area contributed by atoms with Crippen molar-refractivity contribution in [1.29, 1.82) is 0 Å². The van der Waals surface area contributed by atoms with Gasteiger partial charge in [0.1, 0.15) is 5.69 Å². The average Bonchev–Trinajstić information content (AvgIpc) is 2.61. The van der Waals surface area contributed by atoms with E-state index in [2.05, 4.69) is 15.4 Å². The van der Waals surface area contributed by atoms with E-state index in [1.54, 1.807) is 30.3 Å². The van der Waals surface area contributed by atoms with Gasteiger partial charge in [0.05, 0.1) is 12.0 Å². The Morgan fingerprint density at radius 2 is 1.80 bits per heavy atom. The third kappa shape index (κ3) is 4.58. The minimum Gasteiger partial charge on any atom is -0.453 e. The van der Waals surface area contributed by atoms with Crippen LogP contribution in [0, 0.1) is 10.1 Å². The average molecular weight is 359 g/mol. The molecule has 0 saturated carbocycles. The summed E-state index contributed by atoms with van der Waals surface area (Å²) in [6.45, 7) is 0. The minimum atomic E-state index is -0.823. The predicted octanol–water partition coefficient (Wildman–Crippen LogP) is 2.88. The topological polar surface area (TPSA) is 111 Å². The maximum atomic E-state index is 12.5. The number of nitrogens with one attached hydrogen (secondary N) is 2. The quantitative estimate of drug-likeness (QED) is 0.374. The number of methoxy groups -OCH3 is 1. The number of alkyl carbamates (subject to hydrolysis) is 1. The highest BCUT2D eigenvalue weighted by Crippen LogP contribution is 2.26. The van der Waals surface area contributed by atoms with Crippen molar-refractivity contribution in [3.05, 3.63) is 69.8 Å². The van der Waals surface area contributed by atoms with Crippen LogP contribution in [0.4, 0.5) is 16.2 Å². The van der Waals surface area contributed by atoms with Crippen LogP contribution in [0.1, 0.15) is 15.9 Å². The van der Waals surface area contributed by atoms with Crippen molar-refractivity contribution in [3.63, 3.8) is 0 Å². The molecule has 9 heteroatoms. The summed E-state index contributed by atoms with van der Waals surface area (Å²) in [5, 5.41) is 15.7. The number of carbonyl (C=O) groups excluding carboxylic acids is 2. The Kier molecular flexibility index (Phi) is 5.75. The zero-order valence-corrected chi connectivity index (χ0v) is 13.8. The summed E-state index contributed by atoms with van der Waals surface area (Å²) < 4.78 is 4.39. The number of amides is 1. The lowest BCUT2D eigenvalue weighted by Crippen LogP contribution is -2.34. The Morgan fingerprint density at radius 3 is 2.40 bits per heavy atom. The van der Waals surface area contributed by atoms with Crippen molar-refractivity contribution in [2.75, 3.05) is 12.4 Å². The first-order chi connectivity index (χ1) is 11.9. The van der Waals surface area contributed by atoms with Gasteiger partial charge < -0.3 is 10.1 Å². The molecule has 0 heterocycles. The van der Waals surface area contributed by atoms with Gasteiger partial charge in [-0.1, -0.05) is 30.3 Å². The van der Waals surface area contributed by atoms with Crippen LogP contribution >= 0.6 is 12.2 Å². The summed E-state index contributed by atoms with van der Waals surface area (Å²) >= 11 is 4.90. The number of benzene rings is 2. The molecule has 2 rings (SSSR count). The number of hydrogen-bond donors (Lipinski definition) is 2. The number of hydrogen-bond acceptors (Lipinski definition) is 6. The second-order valence-electron chi connectivity index (χ2n) is 4.75. The lowest BCUT2D eigenvalue weighted by molar-refractivity contribution is -0.383. The van der Waals surface area contributed by atoms with Gasteiger partial charge in [0.15, 0.2) is 10.9 Å². The molecule has 0 radical (unpaired) electrons. The molecule has 2 aromatic rings. The van der Waals surface area contributed by atoms with Gasteiger partial charge in [-0.05, 0) is 24.4 Å². The molecule has 1 amide bonds. The van der Waals surface area contributed by atoms with E-state index in [-0.39, 0.29) is 27.8 Å². The fraction of sp³-hybridized carbons (Fsp3) is 0.0625. The molecule has 2 N–H and O–H groups in total. The summed E-state index contributed by atoms with van der Waals surface area (Å²) in [4.78, 5) is 34.1. The highest BCUT2D eigenvalue weighted by atomic mass is 32.1. The first-order valence-electron chi connectivity index (χ1n) is 6.96. The monoisotopic (exact) mass is 359 g/mol. The number of thiocarbonyl (C=S) groups is 1. The van der Waals surface area contributed by atoms with E-state index in [1.165, 1.54) is 18.2 Å². The van der Waals surface area contributed by atoms with Gasteiger partial charge in [-0.2, -0.15) is 0 Å². The van der Waals surface area contributed by atoms with Crippen LogP contribution in [0.25, 0.3) is 0 Å². The molecule has 0 unspecified atom stereocenters. The van der Waals surface area contributed by atoms with Crippen LogP contribution in [0.3, 0.4) is 0 Å². The zero-order valence-electron chi connectivity index (χ0n) is 13.0. The predicted molar refractivity (Wildman–Crippen MR) is 94.7 cm³/mol. The van der Waals surface area contributed by atoms with E-state index in [9.17, 15) is 19.7 Å². The van der Waals surface area contributed by atoms with E-state index in [4.69, 9.17) is 12.2 Å². The molecule has 25 heavy (non-hydrogen) atoms. The molecule has 0 aliphatic heterocycles. The fourth-order valence-electron chi connectivity index (χ4n) is 1.99. The van der Waals surface area contributed by atoms with Gasteiger partial charge in [0, 0.05) is 17.2 Å². The smallest absolute Gasteiger partial charge is 0.413 e. The number of anilines is 1. The second kappa shape index (κ2) is 7.97. The maximum Gasteiger partial charge on any atom is 0.413 e. The molecule has 0 aromatic heterocycles. The summed E-state index contributed by atoms with van der Waals surface area (Å²) in [7, 11) is 1.15. The Labute approximate surface area is 147 Å². The fourth-order valence-corrected chi connectivity index (χ4v) is 2.18. The van der Waals surface area contributed by atoms with E-state index >= 15 is 0 Å². The maximum absolute atomic E-state index is 12.5. The molecular weight excluding hydrogens is 346 g/mol. The van der Waals surface area contributed by atoms with Gasteiger partial charge in [-0.15, -0.1) is 0 Å². The molecule has 0 spiro atoms. The molecule has 2 aromatic carbocycles. The van der Waals surface area contributed by atoms with E-state index in [0.29, 0.717) is 5.56 Å². The van der Waals surface area contributed by atoms with Crippen LogP contribution in [0.15, 0.2) is 48.5 Å². The number of ether oxygens (including phenoxy) is 1. The first-order valence-corrected chi connectivity index (χ1v) is 7.37. The van der Waals surface area contributed by atoms with Gasteiger partial charge in [0.2, 0.25) is 0 Å². The summed E-state index contributed by atoms with van der Waals surface area (Å²) in [5.41, 5.74) is 0.365. The highest BCUT2D eigenvalue weighted by Gasteiger charge is 2.19. The van der Waals surface area contributed by atoms with Crippen LogP contribution in [-0.4, -0.2) is 29.0 Å². The van der Waals surface area contributed by atoms with E-state index in [0.717, 1.165) is 7.11 Å². The molecule has 0 fully saturated rings. The Hall–Kier alpha value is -3.33. The number of nitrogens with zero attached hydrogens (tertiary/aromatic N) is 1. The van der Waals surface area contributed by atoms with Crippen molar-refractivity contribution < 1.29 is 19.2 Å². The van der Waals surface area contributed by atoms with Gasteiger partial charge in [-0.3, -0.25) is 20.2 Å². The summed E-state index contributed by atoms with van der Waals surface area (Å²) in [6, 6.07) is 12.3. The molecule has 8 nitrogen and oxygen atoms in total. The minimum absolute atomic E-state index is 0.0202. The van der Waals surface area contributed by atoms with Crippen molar-refractivity contribution >= 4 is 40.6 Å². The largest absolute Gasteiger partial charge is 0.453 e. The Morgan fingerprint density at radius 1 is 1.12 bits per heavy atom. The van der Waals surface area contributed by atoms with Crippen LogP contribution in [0.5, 0.6) is 0 Å².